The molecular formula is C34H29ClN2. The van der Waals surface area contributed by atoms with Gasteiger partial charge >= 0.3 is 0 Å². The van der Waals surface area contributed by atoms with Gasteiger partial charge in [0.05, 0.1) is 21.9 Å². The summed E-state index contributed by atoms with van der Waals surface area (Å²) in [4.78, 5) is 5.97. The maximum Gasteiger partial charge on any atom is 0.0675 e. The van der Waals surface area contributed by atoms with E-state index < -0.39 is 0 Å². The van der Waals surface area contributed by atoms with E-state index in [0.29, 0.717) is 0 Å². The van der Waals surface area contributed by atoms with Crippen molar-refractivity contribution in [2.45, 2.75) is 26.2 Å². The van der Waals surface area contributed by atoms with E-state index in [4.69, 9.17) is 11.6 Å². The second-order valence-corrected chi connectivity index (χ2v) is 10.9. The third-order valence-electron chi connectivity index (χ3n) is 7.03. The number of halogens is 1. The molecule has 0 radical (unpaired) electrons. The lowest BCUT2D eigenvalue weighted by Gasteiger charge is -2.29. The minimum atomic E-state index is 0.0372. The van der Waals surface area contributed by atoms with E-state index in [1.165, 1.54) is 22.1 Å². The number of benzene rings is 5. The summed E-state index contributed by atoms with van der Waals surface area (Å²) >= 11 is 6.80. The molecule has 6 aromatic rings. The summed E-state index contributed by atoms with van der Waals surface area (Å²) in [6.45, 7) is 6.76. The van der Waals surface area contributed by atoms with Crippen molar-refractivity contribution in [1.29, 1.82) is 0 Å². The lowest BCUT2D eigenvalue weighted by atomic mass is 9.86. The van der Waals surface area contributed by atoms with Crippen LogP contribution in [0.4, 0.5) is 17.1 Å². The molecular weight excluding hydrogens is 472 g/mol. The van der Waals surface area contributed by atoms with E-state index in [1.54, 1.807) is 0 Å². The van der Waals surface area contributed by atoms with Gasteiger partial charge in [0.2, 0.25) is 0 Å². The number of anilines is 3. The number of hydrogen-bond acceptors (Lipinski definition) is 1. The predicted octanol–water partition coefficient (Wildman–Crippen LogP) is 10.4. The zero-order valence-electron chi connectivity index (χ0n) is 21.3. The van der Waals surface area contributed by atoms with Crippen molar-refractivity contribution >= 4 is 50.5 Å². The molecule has 0 bridgehead atoms. The molecule has 1 N–H and O–H groups in total. The van der Waals surface area contributed by atoms with Crippen LogP contribution < -0.4 is 4.90 Å². The number of nitrogens with one attached hydrogen (secondary N) is 1. The molecule has 5 aromatic carbocycles. The zero-order valence-corrected chi connectivity index (χ0v) is 22.1. The van der Waals surface area contributed by atoms with Crippen LogP contribution in [0.5, 0.6) is 0 Å². The molecule has 0 atom stereocenters. The maximum absolute atomic E-state index is 6.80. The van der Waals surface area contributed by atoms with E-state index in [-0.39, 0.29) is 5.41 Å². The molecule has 3 heteroatoms. The molecule has 0 saturated carbocycles. The van der Waals surface area contributed by atoms with Crippen molar-refractivity contribution in [3.63, 3.8) is 0 Å². The van der Waals surface area contributed by atoms with Gasteiger partial charge in [0.25, 0.3) is 0 Å². The molecule has 6 rings (SSSR count). The Kier molecular flexibility index (Phi) is 5.78. The number of aromatic amines is 1. The highest BCUT2D eigenvalue weighted by molar-refractivity contribution is 6.37. The molecule has 1 aromatic heterocycles. The Balaban J connectivity index is 1.70. The minimum absolute atomic E-state index is 0.0372. The third-order valence-corrected chi connectivity index (χ3v) is 7.35. The molecule has 0 amide bonds. The van der Waals surface area contributed by atoms with Gasteiger partial charge < -0.3 is 9.88 Å². The van der Waals surface area contributed by atoms with Crippen molar-refractivity contribution in [2.24, 2.45) is 0 Å². The first kappa shape index (κ1) is 23.4. The largest absolute Gasteiger partial charge is 0.353 e. The summed E-state index contributed by atoms with van der Waals surface area (Å²) in [6, 6.07) is 40.6. The van der Waals surface area contributed by atoms with Crippen LogP contribution >= 0.6 is 11.6 Å². The second kappa shape index (κ2) is 9.14. The average molecular weight is 501 g/mol. The summed E-state index contributed by atoms with van der Waals surface area (Å²) in [5.74, 6) is 0. The molecule has 37 heavy (non-hydrogen) atoms. The zero-order chi connectivity index (χ0) is 25.6. The summed E-state index contributed by atoms with van der Waals surface area (Å²) < 4.78 is 0. The summed E-state index contributed by atoms with van der Waals surface area (Å²) in [5, 5.41) is 3.02. The number of para-hydroxylation sites is 2. The van der Waals surface area contributed by atoms with Crippen LogP contribution in [0.25, 0.3) is 32.9 Å². The van der Waals surface area contributed by atoms with Gasteiger partial charge in [-0.05, 0) is 59.0 Å². The molecule has 0 unspecified atom stereocenters. The highest BCUT2D eigenvalue weighted by Gasteiger charge is 2.23. The van der Waals surface area contributed by atoms with Crippen molar-refractivity contribution < 1.29 is 0 Å². The monoisotopic (exact) mass is 500 g/mol. The van der Waals surface area contributed by atoms with Gasteiger partial charge in [0.1, 0.15) is 0 Å². The predicted molar refractivity (Wildman–Crippen MR) is 160 cm³/mol. The first-order chi connectivity index (χ1) is 17.9. The van der Waals surface area contributed by atoms with Crippen LogP contribution in [0.3, 0.4) is 0 Å². The first-order valence-corrected chi connectivity index (χ1v) is 13.0. The smallest absolute Gasteiger partial charge is 0.0675 e. The number of H-pyrrole nitrogens is 1. The normalized spacial score (nSPS) is 11.8. The quantitative estimate of drug-likeness (QED) is 0.255. The van der Waals surface area contributed by atoms with Crippen LogP contribution in [-0.4, -0.2) is 4.98 Å². The Morgan fingerprint density at radius 2 is 1.35 bits per heavy atom. The van der Waals surface area contributed by atoms with E-state index in [0.717, 1.165) is 38.5 Å². The molecule has 0 aliphatic heterocycles. The van der Waals surface area contributed by atoms with Crippen molar-refractivity contribution in [3.8, 4) is 11.1 Å². The Labute approximate surface area is 223 Å². The van der Waals surface area contributed by atoms with Crippen LogP contribution in [0.1, 0.15) is 26.3 Å². The molecule has 0 aliphatic carbocycles. The number of nitrogens with zero attached hydrogens (tertiary/aromatic N) is 1. The number of fused-ring (bicyclic) bond motifs is 3. The third kappa shape index (κ3) is 4.18. The Morgan fingerprint density at radius 1 is 0.676 bits per heavy atom. The molecule has 0 spiro atoms. The van der Waals surface area contributed by atoms with Crippen molar-refractivity contribution in [2.75, 3.05) is 4.90 Å². The second-order valence-electron chi connectivity index (χ2n) is 10.5. The van der Waals surface area contributed by atoms with E-state index in [2.05, 4.69) is 140 Å². The number of aromatic nitrogens is 1. The van der Waals surface area contributed by atoms with E-state index in [9.17, 15) is 0 Å². The average Bonchev–Trinajstić information content (AvgIpc) is 3.31. The van der Waals surface area contributed by atoms with Crippen molar-refractivity contribution in [1.82, 2.24) is 4.98 Å². The Hall–Kier alpha value is -4.01. The number of hydrogen-bond donors (Lipinski definition) is 1. The lowest BCUT2D eigenvalue weighted by Crippen LogP contribution is -2.12. The van der Waals surface area contributed by atoms with Gasteiger partial charge in [-0.1, -0.05) is 105 Å². The fourth-order valence-electron chi connectivity index (χ4n) is 5.12. The topological polar surface area (TPSA) is 19.0 Å². The van der Waals surface area contributed by atoms with Crippen LogP contribution in [0.15, 0.2) is 115 Å². The van der Waals surface area contributed by atoms with E-state index in [1.807, 2.05) is 6.07 Å². The van der Waals surface area contributed by atoms with Crippen molar-refractivity contribution in [3.05, 3.63) is 126 Å². The molecule has 182 valence electrons. The first-order valence-electron chi connectivity index (χ1n) is 12.7. The van der Waals surface area contributed by atoms with E-state index >= 15 is 0 Å². The minimum Gasteiger partial charge on any atom is -0.353 e. The molecule has 1 heterocycles. The van der Waals surface area contributed by atoms with Crippen LogP contribution in [-0.2, 0) is 5.41 Å². The van der Waals surface area contributed by atoms with Gasteiger partial charge in [0.15, 0.2) is 0 Å². The Morgan fingerprint density at radius 3 is 2.08 bits per heavy atom. The Bertz CT molecular complexity index is 1710. The van der Waals surface area contributed by atoms with Gasteiger partial charge in [-0.15, -0.1) is 0 Å². The molecule has 0 fully saturated rings. The van der Waals surface area contributed by atoms with Gasteiger partial charge in [-0.25, -0.2) is 0 Å². The van der Waals surface area contributed by atoms with Gasteiger partial charge in [-0.2, -0.15) is 0 Å². The van der Waals surface area contributed by atoms with Gasteiger partial charge in [0, 0.05) is 27.5 Å². The SMILES string of the molecule is CC(C)(C)c1ccc2[nH]c3c(Cl)ccc(N(c4ccccc4)c4ccccc4-c4ccccc4)c3c2c1. The van der Waals surface area contributed by atoms with Gasteiger partial charge in [-0.3, -0.25) is 0 Å². The van der Waals surface area contributed by atoms with Crippen LogP contribution in [0.2, 0.25) is 5.02 Å². The fourth-order valence-corrected chi connectivity index (χ4v) is 5.33. The summed E-state index contributed by atoms with van der Waals surface area (Å²) in [5.41, 5.74) is 9.02. The van der Waals surface area contributed by atoms with Crippen LogP contribution in [0, 0.1) is 0 Å². The standard InChI is InChI=1S/C34H29ClN2/c1-34(2,3)24-18-20-29-27(22-24)32-31(21-19-28(35)33(32)36-29)37(25-14-8-5-9-15-25)30-17-11-10-16-26(30)23-12-6-4-7-13-23/h4-22,36H,1-3H3. The molecule has 0 aliphatic rings. The molecule has 2 nitrogen and oxygen atoms in total. The summed E-state index contributed by atoms with van der Waals surface area (Å²) in [6.07, 6.45) is 0. The lowest BCUT2D eigenvalue weighted by molar-refractivity contribution is 0.591. The maximum atomic E-state index is 6.80. The summed E-state index contributed by atoms with van der Waals surface area (Å²) in [7, 11) is 0. The number of rotatable bonds is 4. The molecule has 0 saturated heterocycles. The highest BCUT2D eigenvalue weighted by Crippen LogP contribution is 2.46. The highest BCUT2D eigenvalue weighted by atomic mass is 35.5. The fraction of sp³-hybridized carbons (Fsp3) is 0.118.